The summed E-state index contributed by atoms with van der Waals surface area (Å²) in [4.78, 5) is 11.2. The Morgan fingerprint density at radius 1 is 1.29 bits per heavy atom. The smallest absolute Gasteiger partial charge is 0.194 e. The van der Waals surface area contributed by atoms with E-state index in [9.17, 15) is 18.0 Å². The molecule has 0 aliphatic heterocycles. The maximum atomic E-state index is 12.7. The summed E-state index contributed by atoms with van der Waals surface area (Å²) in [5.41, 5.74) is 4.95. The number of halogens is 3. The van der Waals surface area contributed by atoms with Gasteiger partial charge in [0.05, 0.1) is 6.04 Å². The van der Waals surface area contributed by atoms with E-state index in [1.807, 2.05) is 0 Å². The second-order valence-corrected chi connectivity index (χ2v) is 2.91. The topological polar surface area (TPSA) is 43.1 Å². The minimum absolute atomic E-state index is 0.267. The van der Waals surface area contributed by atoms with Crippen LogP contribution >= 0.6 is 0 Å². The van der Waals surface area contributed by atoms with Gasteiger partial charge in [0.2, 0.25) is 0 Å². The molecule has 14 heavy (non-hydrogen) atoms. The summed E-state index contributed by atoms with van der Waals surface area (Å²) in [5.74, 6) is -5.02. The zero-order valence-corrected chi connectivity index (χ0v) is 7.35. The number of ketones is 1. The summed E-state index contributed by atoms with van der Waals surface area (Å²) in [6.07, 6.45) is 0. The van der Waals surface area contributed by atoms with Crippen LogP contribution in [0, 0.1) is 17.5 Å². The van der Waals surface area contributed by atoms with Crippen molar-refractivity contribution in [1.29, 1.82) is 0 Å². The van der Waals surface area contributed by atoms with Crippen LogP contribution in [-0.2, 0) is 0 Å². The number of benzene rings is 1. The number of nitrogens with two attached hydrogens (primary N) is 1. The molecule has 2 N–H and O–H groups in total. The Kier molecular flexibility index (Phi) is 2.90. The number of hydrogen-bond acceptors (Lipinski definition) is 2. The summed E-state index contributed by atoms with van der Waals surface area (Å²) in [7, 11) is 0. The first-order valence-corrected chi connectivity index (χ1v) is 3.88. The Morgan fingerprint density at radius 2 is 1.71 bits per heavy atom. The molecule has 1 rings (SSSR count). The van der Waals surface area contributed by atoms with Crippen molar-refractivity contribution in [3.8, 4) is 0 Å². The van der Waals surface area contributed by atoms with Gasteiger partial charge in [-0.05, 0) is 19.1 Å². The fourth-order valence-corrected chi connectivity index (χ4v) is 0.961. The second kappa shape index (κ2) is 3.79. The molecule has 5 heteroatoms. The van der Waals surface area contributed by atoms with Crippen LogP contribution in [0.3, 0.4) is 0 Å². The molecule has 0 spiro atoms. The maximum Gasteiger partial charge on any atom is 0.194 e. The first-order valence-electron chi connectivity index (χ1n) is 3.88. The van der Waals surface area contributed by atoms with Crippen LogP contribution in [0.25, 0.3) is 0 Å². The van der Waals surface area contributed by atoms with Gasteiger partial charge in [0.15, 0.2) is 23.2 Å². The van der Waals surface area contributed by atoms with Crippen LogP contribution in [0.2, 0.25) is 0 Å². The van der Waals surface area contributed by atoms with Gasteiger partial charge in [0, 0.05) is 5.56 Å². The highest BCUT2D eigenvalue weighted by molar-refractivity contribution is 5.99. The zero-order valence-electron chi connectivity index (χ0n) is 7.35. The van der Waals surface area contributed by atoms with Gasteiger partial charge in [0.25, 0.3) is 0 Å². The molecule has 0 aliphatic rings. The molecule has 0 saturated carbocycles. The highest BCUT2D eigenvalue weighted by Gasteiger charge is 2.16. The average molecular weight is 203 g/mol. The third-order valence-corrected chi connectivity index (χ3v) is 1.68. The van der Waals surface area contributed by atoms with Crippen molar-refractivity contribution in [2.24, 2.45) is 5.73 Å². The first kappa shape index (κ1) is 10.7. The van der Waals surface area contributed by atoms with Crippen LogP contribution in [-0.4, -0.2) is 11.8 Å². The third kappa shape index (κ3) is 1.93. The highest BCUT2D eigenvalue weighted by atomic mass is 19.2. The Balaban J connectivity index is 3.19. The molecule has 0 heterocycles. The molecule has 0 radical (unpaired) electrons. The number of hydrogen-bond donors (Lipinski definition) is 1. The van der Waals surface area contributed by atoms with Crippen molar-refractivity contribution >= 4 is 5.78 Å². The number of rotatable bonds is 2. The summed E-state index contributed by atoms with van der Waals surface area (Å²) >= 11 is 0. The van der Waals surface area contributed by atoms with Crippen LogP contribution in [0.1, 0.15) is 17.3 Å². The predicted molar refractivity (Wildman–Crippen MR) is 44.3 cm³/mol. The summed E-state index contributed by atoms with van der Waals surface area (Å²) in [6, 6.07) is 0.382. The van der Waals surface area contributed by atoms with Crippen LogP contribution < -0.4 is 5.73 Å². The Morgan fingerprint density at radius 3 is 2.07 bits per heavy atom. The van der Waals surface area contributed by atoms with Gasteiger partial charge >= 0.3 is 0 Å². The fraction of sp³-hybridized carbons (Fsp3) is 0.222. The average Bonchev–Trinajstić information content (AvgIpc) is 2.12. The Bertz CT molecular complexity index is 353. The minimum atomic E-state index is -1.59. The predicted octanol–water partition coefficient (Wildman–Crippen LogP) is 1.63. The standard InChI is InChI=1S/C9H8F3NO/c1-4(13)9(14)5-2-6(10)8(12)7(11)3-5/h2-4H,13H2,1H3. The zero-order chi connectivity index (χ0) is 10.9. The molecule has 1 atom stereocenters. The van der Waals surface area contributed by atoms with Gasteiger partial charge in [-0.25, -0.2) is 13.2 Å². The van der Waals surface area contributed by atoms with Crippen molar-refractivity contribution in [1.82, 2.24) is 0 Å². The third-order valence-electron chi connectivity index (χ3n) is 1.68. The highest BCUT2D eigenvalue weighted by Crippen LogP contribution is 2.14. The van der Waals surface area contributed by atoms with Crippen molar-refractivity contribution in [2.45, 2.75) is 13.0 Å². The number of carbonyl (C=O) groups excluding carboxylic acids is 1. The monoisotopic (exact) mass is 203 g/mol. The molecule has 0 saturated heterocycles. The van der Waals surface area contributed by atoms with Gasteiger partial charge in [-0.2, -0.15) is 0 Å². The molecule has 0 amide bonds. The molecule has 0 bridgehead atoms. The molecule has 0 fully saturated rings. The largest absolute Gasteiger partial charge is 0.321 e. The Labute approximate surface area is 78.5 Å². The fourth-order valence-electron chi connectivity index (χ4n) is 0.961. The van der Waals surface area contributed by atoms with E-state index < -0.39 is 29.3 Å². The van der Waals surface area contributed by atoms with Crippen molar-refractivity contribution < 1.29 is 18.0 Å². The molecule has 0 aromatic heterocycles. The first-order chi connectivity index (χ1) is 6.43. The second-order valence-electron chi connectivity index (χ2n) is 2.91. The summed E-state index contributed by atoms with van der Waals surface area (Å²) in [6.45, 7) is 1.38. The van der Waals surface area contributed by atoms with Crippen LogP contribution in [0.4, 0.5) is 13.2 Å². The van der Waals surface area contributed by atoms with Crippen molar-refractivity contribution in [3.63, 3.8) is 0 Å². The van der Waals surface area contributed by atoms with Crippen molar-refractivity contribution in [3.05, 3.63) is 35.1 Å². The van der Waals surface area contributed by atoms with E-state index in [-0.39, 0.29) is 5.56 Å². The molecular formula is C9H8F3NO. The van der Waals surface area contributed by atoms with E-state index in [1.165, 1.54) is 6.92 Å². The van der Waals surface area contributed by atoms with E-state index in [0.717, 1.165) is 0 Å². The van der Waals surface area contributed by atoms with E-state index in [4.69, 9.17) is 5.73 Å². The van der Waals surface area contributed by atoms with E-state index in [2.05, 4.69) is 0 Å². The maximum absolute atomic E-state index is 12.7. The lowest BCUT2D eigenvalue weighted by Gasteiger charge is -2.05. The molecule has 1 unspecified atom stereocenters. The lowest BCUT2D eigenvalue weighted by Crippen LogP contribution is -2.26. The molecule has 76 valence electrons. The van der Waals surface area contributed by atoms with Gasteiger partial charge in [-0.3, -0.25) is 4.79 Å². The van der Waals surface area contributed by atoms with Crippen LogP contribution in [0.5, 0.6) is 0 Å². The molecule has 2 nitrogen and oxygen atoms in total. The van der Waals surface area contributed by atoms with Gasteiger partial charge in [0.1, 0.15) is 0 Å². The van der Waals surface area contributed by atoms with Crippen molar-refractivity contribution in [2.75, 3.05) is 0 Å². The quantitative estimate of drug-likeness (QED) is 0.586. The Hall–Kier alpha value is -1.36. The number of Topliss-reactive ketones (excluding diaryl/α,β-unsaturated/α-hetero) is 1. The molecule has 1 aromatic carbocycles. The SMILES string of the molecule is CC(N)C(=O)c1cc(F)c(F)c(F)c1. The van der Waals surface area contributed by atoms with Crippen LogP contribution in [0.15, 0.2) is 12.1 Å². The normalized spacial score (nSPS) is 12.6. The van der Waals surface area contributed by atoms with E-state index in [1.54, 1.807) is 0 Å². The lowest BCUT2D eigenvalue weighted by atomic mass is 10.1. The number of carbonyl (C=O) groups is 1. The van der Waals surface area contributed by atoms with Gasteiger partial charge in [-0.1, -0.05) is 0 Å². The lowest BCUT2D eigenvalue weighted by molar-refractivity contribution is 0.0967. The van der Waals surface area contributed by atoms with Gasteiger partial charge in [-0.15, -0.1) is 0 Å². The van der Waals surface area contributed by atoms with E-state index in [0.29, 0.717) is 12.1 Å². The van der Waals surface area contributed by atoms with Gasteiger partial charge < -0.3 is 5.73 Å². The molecule has 0 aliphatic carbocycles. The summed E-state index contributed by atoms with van der Waals surface area (Å²) in [5, 5.41) is 0. The molecular weight excluding hydrogens is 195 g/mol. The van der Waals surface area contributed by atoms with E-state index >= 15 is 0 Å². The molecule has 1 aromatic rings. The summed E-state index contributed by atoms with van der Waals surface area (Å²) < 4.78 is 37.8. The minimum Gasteiger partial charge on any atom is -0.321 e.